The zero-order valence-corrected chi connectivity index (χ0v) is 20.3. The molecule has 172 valence electrons. The number of hydrogen-bond donors (Lipinski definition) is 0. The molecule has 1 unspecified atom stereocenters. The fourth-order valence-corrected chi connectivity index (χ4v) is 7.24. The SMILES string of the molecule is CCC1c2ccsc2CCN1C(=O)/C=C/c1ccc(OC)c(S(=O)(=O)N2CCCCC2)c1. The van der Waals surface area contributed by atoms with E-state index >= 15 is 0 Å². The number of piperidine rings is 1. The molecule has 1 amide bonds. The number of fused-ring (bicyclic) bond motifs is 1. The molecule has 0 aliphatic carbocycles. The topological polar surface area (TPSA) is 66.9 Å². The number of hydrogen-bond acceptors (Lipinski definition) is 5. The molecule has 1 fully saturated rings. The summed E-state index contributed by atoms with van der Waals surface area (Å²) in [6.45, 7) is 3.86. The van der Waals surface area contributed by atoms with Crippen LogP contribution in [-0.2, 0) is 21.2 Å². The van der Waals surface area contributed by atoms with E-state index in [9.17, 15) is 13.2 Å². The van der Waals surface area contributed by atoms with E-state index in [1.54, 1.807) is 41.7 Å². The second-order valence-corrected chi connectivity index (χ2v) is 11.1. The standard InChI is InChI=1S/C24H30N2O4S2/c1-3-20-19-12-16-31-22(19)11-15-26(20)24(27)10-8-18-7-9-21(30-2)23(17-18)32(28,29)25-13-5-4-6-14-25/h7-10,12,16-17,20H,3-6,11,13-15H2,1-2H3/b10-8+. The fraction of sp³-hybridized carbons (Fsp3) is 0.458. The minimum Gasteiger partial charge on any atom is -0.495 e. The summed E-state index contributed by atoms with van der Waals surface area (Å²) in [5, 5.41) is 2.10. The Morgan fingerprint density at radius 2 is 1.97 bits per heavy atom. The van der Waals surface area contributed by atoms with Gasteiger partial charge in [-0.1, -0.05) is 19.4 Å². The van der Waals surface area contributed by atoms with Crippen molar-refractivity contribution in [2.75, 3.05) is 26.7 Å². The zero-order valence-electron chi connectivity index (χ0n) is 18.6. The van der Waals surface area contributed by atoms with Crippen molar-refractivity contribution in [3.8, 4) is 5.75 Å². The van der Waals surface area contributed by atoms with Crippen LogP contribution in [0.5, 0.6) is 5.75 Å². The molecule has 0 spiro atoms. The molecule has 6 nitrogen and oxygen atoms in total. The highest BCUT2D eigenvalue weighted by Gasteiger charge is 2.30. The van der Waals surface area contributed by atoms with Crippen LogP contribution in [0.25, 0.3) is 6.08 Å². The van der Waals surface area contributed by atoms with Crippen LogP contribution in [0, 0.1) is 0 Å². The van der Waals surface area contributed by atoms with Crippen molar-refractivity contribution in [1.29, 1.82) is 0 Å². The Labute approximate surface area is 194 Å². The largest absolute Gasteiger partial charge is 0.495 e. The van der Waals surface area contributed by atoms with Crippen molar-refractivity contribution in [1.82, 2.24) is 9.21 Å². The van der Waals surface area contributed by atoms with Crippen LogP contribution >= 0.6 is 11.3 Å². The van der Waals surface area contributed by atoms with Crippen LogP contribution in [0.3, 0.4) is 0 Å². The lowest BCUT2D eigenvalue weighted by molar-refractivity contribution is -0.128. The van der Waals surface area contributed by atoms with Crippen molar-refractivity contribution in [3.63, 3.8) is 0 Å². The van der Waals surface area contributed by atoms with Gasteiger partial charge in [-0.25, -0.2) is 8.42 Å². The molecule has 32 heavy (non-hydrogen) atoms. The Morgan fingerprint density at radius 1 is 1.19 bits per heavy atom. The molecule has 1 saturated heterocycles. The van der Waals surface area contributed by atoms with Crippen LogP contribution in [0.4, 0.5) is 0 Å². The second-order valence-electron chi connectivity index (χ2n) is 8.21. The third kappa shape index (κ3) is 4.49. The first kappa shape index (κ1) is 23.0. The van der Waals surface area contributed by atoms with Gasteiger partial charge in [0.1, 0.15) is 10.6 Å². The Morgan fingerprint density at radius 3 is 2.69 bits per heavy atom. The summed E-state index contributed by atoms with van der Waals surface area (Å²) in [5.41, 5.74) is 1.92. The Balaban J connectivity index is 1.57. The molecule has 1 atom stereocenters. The number of rotatable bonds is 6. The van der Waals surface area contributed by atoms with Crippen molar-refractivity contribution < 1.29 is 17.9 Å². The van der Waals surface area contributed by atoms with Gasteiger partial charge in [0.2, 0.25) is 15.9 Å². The number of methoxy groups -OCH3 is 1. The summed E-state index contributed by atoms with van der Waals surface area (Å²) < 4.78 is 33.3. The van der Waals surface area contributed by atoms with Gasteiger partial charge in [0, 0.05) is 30.6 Å². The zero-order chi connectivity index (χ0) is 22.7. The number of ether oxygens (including phenoxy) is 1. The van der Waals surface area contributed by atoms with Gasteiger partial charge in [0.05, 0.1) is 13.2 Å². The molecular formula is C24H30N2O4S2. The van der Waals surface area contributed by atoms with Crippen molar-refractivity contribution in [2.45, 2.75) is 50.0 Å². The summed E-state index contributed by atoms with van der Waals surface area (Å²) in [5.74, 6) is 0.274. The highest BCUT2D eigenvalue weighted by atomic mass is 32.2. The minimum atomic E-state index is -3.65. The maximum atomic E-state index is 13.2. The van der Waals surface area contributed by atoms with E-state index in [1.807, 2.05) is 4.90 Å². The minimum absolute atomic E-state index is 0.0510. The molecule has 4 rings (SSSR count). The maximum Gasteiger partial charge on any atom is 0.247 e. The first-order valence-electron chi connectivity index (χ1n) is 11.2. The lowest BCUT2D eigenvalue weighted by atomic mass is 9.97. The van der Waals surface area contributed by atoms with Crippen LogP contribution in [0.1, 0.15) is 54.7 Å². The maximum absolute atomic E-state index is 13.2. The number of thiophene rings is 1. The molecule has 0 bridgehead atoms. The molecule has 1 aromatic heterocycles. The summed E-state index contributed by atoms with van der Waals surface area (Å²) >= 11 is 1.76. The highest BCUT2D eigenvalue weighted by molar-refractivity contribution is 7.89. The number of amides is 1. The molecule has 8 heteroatoms. The van der Waals surface area contributed by atoms with Crippen LogP contribution in [0.15, 0.2) is 40.6 Å². The van der Waals surface area contributed by atoms with Crippen molar-refractivity contribution >= 4 is 33.3 Å². The molecule has 1 aromatic carbocycles. The predicted molar refractivity (Wildman–Crippen MR) is 127 cm³/mol. The molecule has 0 saturated carbocycles. The molecule has 2 aromatic rings. The summed E-state index contributed by atoms with van der Waals surface area (Å²) in [7, 11) is -2.17. The Bertz CT molecular complexity index is 1100. The van der Waals surface area contributed by atoms with E-state index in [4.69, 9.17) is 4.74 Å². The number of nitrogens with zero attached hydrogens (tertiary/aromatic N) is 2. The molecule has 3 heterocycles. The van der Waals surface area contributed by atoms with E-state index in [0.717, 1.165) is 32.1 Å². The van der Waals surface area contributed by atoms with Gasteiger partial charge in [0.15, 0.2) is 0 Å². The lowest BCUT2D eigenvalue weighted by Gasteiger charge is -2.34. The number of carbonyl (C=O) groups is 1. The van der Waals surface area contributed by atoms with Crippen molar-refractivity contribution in [3.05, 3.63) is 51.7 Å². The predicted octanol–water partition coefficient (Wildman–Crippen LogP) is 4.48. The third-order valence-corrected chi connectivity index (χ3v) is 9.22. The molecule has 0 N–H and O–H groups in total. The van der Waals surface area contributed by atoms with Gasteiger partial charge in [-0.05, 0) is 66.5 Å². The first-order valence-corrected chi connectivity index (χ1v) is 13.5. The fourth-order valence-electron chi connectivity index (χ4n) is 4.61. The van der Waals surface area contributed by atoms with Gasteiger partial charge in [-0.2, -0.15) is 4.31 Å². The normalized spacial score (nSPS) is 19.8. The summed E-state index contributed by atoms with van der Waals surface area (Å²) in [6.07, 6.45) is 7.79. The first-order chi connectivity index (χ1) is 15.5. The lowest BCUT2D eigenvalue weighted by Crippen LogP contribution is -2.38. The van der Waals surface area contributed by atoms with E-state index in [0.29, 0.717) is 30.9 Å². The molecule has 2 aliphatic rings. The quantitative estimate of drug-likeness (QED) is 0.579. The second kappa shape index (κ2) is 9.77. The smallest absolute Gasteiger partial charge is 0.247 e. The average Bonchev–Trinajstić information content (AvgIpc) is 3.31. The number of sulfonamides is 1. The summed E-state index contributed by atoms with van der Waals surface area (Å²) in [4.78, 5) is 16.5. The Kier molecular flexibility index (Phi) is 7.02. The van der Waals surface area contributed by atoms with Gasteiger partial charge in [-0.3, -0.25) is 4.79 Å². The third-order valence-electron chi connectivity index (χ3n) is 6.30. The van der Waals surface area contributed by atoms with Gasteiger partial charge < -0.3 is 9.64 Å². The van der Waals surface area contributed by atoms with Gasteiger partial charge in [0.25, 0.3) is 0 Å². The molecule has 0 radical (unpaired) electrons. The molecule has 2 aliphatic heterocycles. The van der Waals surface area contributed by atoms with Crippen LogP contribution in [0.2, 0.25) is 0 Å². The number of carbonyl (C=O) groups excluding carboxylic acids is 1. The summed E-state index contributed by atoms with van der Waals surface area (Å²) in [6, 6.07) is 7.26. The van der Waals surface area contributed by atoms with E-state index in [2.05, 4.69) is 18.4 Å². The van der Waals surface area contributed by atoms with Crippen LogP contribution in [-0.4, -0.2) is 50.3 Å². The van der Waals surface area contributed by atoms with E-state index in [-0.39, 0.29) is 16.8 Å². The molecular weight excluding hydrogens is 444 g/mol. The van der Waals surface area contributed by atoms with Crippen LogP contribution < -0.4 is 4.74 Å². The van der Waals surface area contributed by atoms with Crippen molar-refractivity contribution in [2.24, 2.45) is 0 Å². The Hall–Kier alpha value is -2.16. The van der Waals surface area contributed by atoms with E-state index < -0.39 is 10.0 Å². The van der Waals surface area contributed by atoms with Gasteiger partial charge in [-0.15, -0.1) is 11.3 Å². The highest BCUT2D eigenvalue weighted by Crippen LogP contribution is 2.35. The number of benzene rings is 1. The average molecular weight is 475 g/mol. The van der Waals surface area contributed by atoms with Gasteiger partial charge >= 0.3 is 0 Å². The van der Waals surface area contributed by atoms with E-state index in [1.165, 1.54) is 21.9 Å². The monoisotopic (exact) mass is 474 g/mol.